The molecule has 1 aliphatic rings. The van der Waals surface area contributed by atoms with E-state index < -0.39 is 51.0 Å². The van der Waals surface area contributed by atoms with Gasteiger partial charge in [-0.05, 0) is 0 Å². The highest BCUT2D eigenvalue weighted by Gasteiger charge is 2.86. The third-order valence-electron chi connectivity index (χ3n) is 6.64. The van der Waals surface area contributed by atoms with Crippen LogP contribution in [0.1, 0.15) is 31.1 Å². The largest absolute Gasteiger partial charge is 0.464 e. The Morgan fingerprint density at radius 2 is 1.18 bits per heavy atom. The molecule has 6 atom stereocenters. The summed E-state index contributed by atoms with van der Waals surface area (Å²) in [5.74, 6) is -4.10. The smallest absolute Gasteiger partial charge is 0.382 e. The molecule has 0 amide bonds. The van der Waals surface area contributed by atoms with Crippen LogP contribution < -0.4 is 0 Å². The second-order valence-corrected chi connectivity index (χ2v) is 9.94. The average molecular weight is 570 g/mol. The molecule has 3 aromatic rings. The molecule has 0 bridgehead atoms. The number of carbonyl (C=O) groups excluding carboxylic acids is 3. The minimum Gasteiger partial charge on any atom is -0.382 e. The molecule has 2 unspecified atom stereocenters. The maximum absolute atomic E-state index is 14.0. The van der Waals surface area contributed by atoms with Crippen LogP contribution >= 0.6 is 23.2 Å². The summed E-state index contributed by atoms with van der Waals surface area (Å²) in [6.07, 6.45) is -5.07. The van der Waals surface area contributed by atoms with Gasteiger partial charge in [-0.15, -0.1) is 0 Å². The summed E-state index contributed by atoms with van der Waals surface area (Å²) >= 11 is 12.5. The molecule has 0 aliphatic carbocycles. The number of rotatable bonds is 7. The fourth-order valence-electron chi connectivity index (χ4n) is 4.54. The van der Waals surface area contributed by atoms with Crippen molar-refractivity contribution in [3.8, 4) is 0 Å². The van der Waals surface area contributed by atoms with Gasteiger partial charge in [0.25, 0.3) is 0 Å². The molecule has 3 aromatic carbocycles. The number of nitrogens with zero attached hydrogens (tertiary/aromatic N) is 1. The first-order chi connectivity index (χ1) is 18.4. The lowest BCUT2D eigenvalue weighted by atomic mass is 9.63. The highest BCUT2D eigenvalue weighted by Crippen LogP contribution is 2.57. The first-order valence-electron chi connectivity index (χ1n) is 11.4. The van der Waals surface area contributed by atoms with Gasteiger partial charge in [-0.2, -0.15) is 0 Å². The number of benzene rings is 3. The highest BCUT2D eigenvalue weighted by molar-refractivity contribution is 6.37. The standard InChI is InChI=1S/C28H21Cl2NO8/c1-31-28(30)27(29,38)26(37,23(35)19-15-9-4-10-16-19)25(36,22(34)18-13-7-3-8-14-18)24(39-28)21(33)20(32)17-11-5-2-6-12-17/h2-16,21,24,33,36-38H/t21?,24-,25-,26+,27-,28?/m1/s1. The Morgan fingerprint density at radius 3 is 1.62 bits per heavy atom. The second-order valence-electron chi connectivity index (χ2n) is 8.88. The molecule has 0 aromatic heterocycles. The lowest BCUT2D eigenvalue weighted by molar-refractivity contribution is -0.305. The Hall–Kier alpha value is -3.46. The van der Waals surface area contributed by atoms with Gasteiger partial charge in [-0.1, -0.05) is 103 Å². The zero-order valence-corrected chi connectivity index (χ0v) is 21.5. The van der Waals surface area contributed by atoms with E-state index in [0.717, 1.165) is 0 Å². The van der Waals surface area contributed by atoms with Crippen molar-refractivity contribution < 1.29 is 39.5 Å². The molecule has 1 fully saturated rings. The van der Waals surface area contributed by atoms with Crippen molar-refractivity contribution in [3.05, 3.63) is 119 Å². The van der Waals surface area contributed by atoms with Crippen molar-refractivity contribution in [2.24, 2.45) is 0 Å². The molecule has 1 saturated heterocycles. The first-order valence-corrected chi connectivity index (χ1v) is 12.2. The van der Waals surface area contributed by atoms with E-state index in [9.17, 15) is 34.8 Å². The van der Waals surface area contributed by atoms with E-state index in [1.165, 1.54) is 84.9 Å². The lowest BCUT2D eigenvalue weighted by Crippen LogP contribution is -2.86. The molecule has 11 heteroatoms. The molecule has 1 heterocycles. The minimum atomic E-state index is -3.86. The van der Waals surface area contributed by atoms with Crippen LogP contribution in [0.5, 0.6) is 0 Å². The Labute approximate surface area is 232 Å². The predicted molar refractivity (Wildman–Crippen MR) is 139 cm³/mol. The van der Waals surface area contributed by atoms with Gasteiger partial charge in [0.1, 0.15) is 12.2 Å². The zero-order valence-electron chi connectivity index (χ0n) is 19.9. The quantitative estimate of drug-likeness (QED) is 0.147. The Bertz CT molecular complexity index is 1450. The summed E-state index contributed by atoms with van der Waals surface area (Å²) in [5.41, 5.74) is -8.31. The molecule has 0 spiro atoms. The van der Waals surface area contributed by atoms with E-state index in [1.807, 2.05) is 0 Å². The van der Waals surface area contributed by atoms with Crippen LogP contribution in [0.25, 0.3) is 4.85 Å². The maximum atomic E-state index is 14.0. The van der Waals surface area contributed by atoms with Gasteiger partial charge in [0, 0.05) is 28.3 Å². The van der Waals surface area contributed by atoms with Crippen molar-refractivity contribution in [1.29, 1.82) is 0 Å². The molecular weight excluding hydrogens is 549 g/mol. The van der Waals surface area contributed by atoms with Crippen LogP contribution in [0, 0.1) is 6.57 Å². The van der Waals surface area contributed by atoms with E-state index in [0.29, 0.717) is 0 Å². The molecule has 1 aliphatic heterocycles. The summed E-state index contributed by atoms with van der Waals surface area (Å²) in [6, 6.07) is 20.6. The van der Waals surface area contributed by atoms with Crippen molar-refractivity contribution >= 4 is 40.6 Å². The van der Waals surface area contributed by atoms with Crippen molar-refractivity contribution in [2.75, 3.05) is 0 Å². The van der Waals surface area contributed by atoms with E-state index in [1.54, 1.807) is 6.07 Å². The van der Waals surface area contributed by atoms with E-state index in [4.69, 9.17) is 34.5 Å². The topological polar surface area (TPSA) is 146 Å². The summed E-state index contributed by atoms with van der Waals surface area (Å²) < 4.78 is 5.36. The van der Waals surface area contributed by atoms with Gasteiger partial charge in [0.2, 0.25) is 17.2 Å². The highest BCUT2D eigenvalue weighted by atomic mass is 35.5. The summed E-state index contributed by atoms with van der Waals surface area (Å²) in [7, 11) is 0. The van der Waals surface area contributed by atoms with Crippen LogP contribution in [0.3, 0.4) is 0 Å². The molecule has 0 radical (unpaired) electrons. The maximum Gasteiger partial charge on any atom is 0.464 e. The Morgan fingerprint density at radius 1 is 0.769 bits per heavy atom. The van der Waals surface area contributed by atoms with E-state index in [-0.39, 0.29) is 16.7 Å². The number of halogens is 2. The fraction of sp³-hybridized carbons (Fsp3) is 0.214. The minimum absolute atomic E-state index is 0.101. The molecule has 9 nitrogen and oxygen atoms in total. The number of alkyl halides is 2. The SMILES string of the molecule is [C-]#[N+]C1(Cl)O[C@H](C(O)C(=O)c2ccccc2)[C@](O)(C(=O)c2ccccc2)[C@@](O)(C(=O)c2ccccc2)[C@]1(O)Cl. The van der Waals surface area contributed by atoms with Crippen LogP contribution in [-0.2, 0) is 4.74 Å². The third kappa shape index (κ3) is 4.18. The van der Waals surface area contributed by atoms with Crippen LogP contribution in [0.4, 0.5) is 0 Å². The van der Waals surface area contributed by atoms with Gasteiger partial charge < -0.3 is 20.4 Å². The number of aliphatic hydroxyl groups excluding tert-OH is 1. The average Bonchev–Trinajstić information content (AvgIpc) is 2.97. The van der Waals surface area contributed by atoms with Gasteiger partial charge in [0.05, 0.1) is 0 Å². The number of aliphatic hydroxyl groups is 4. The molecule has 4 N–H and O–H groups in total. The first kappa shape index (κ1) is 28.5. The molecular formula is C28H21Cl2NO8. The summed E-state index contributed by atoms with van der Waals surface area (Å²) in [4.78, 5) is 44.1. The van der Waals surface area contributed by atoms with Crippen molar-refractivity contribution in [1.82, 2.24) is 0 Å². The van der Waals surface area contributed by atoms with E-state index >= 15 is 0 Å². The molecule has 39 heavy (non-hydrogen) atoms. The Balaban J connectivity index is 2.04. The Kier molecular flexibility index (Phi) is 7.51. The zero-order chi connectivity index (χ0) is 28.6. The van der Waals surface area contributed by atoms with Crippen LogP contribution in [-0.4, -0.2) is 71.4 Å². The number of ether oxygens (including phenoxy) is 1. The number of Topliss-reactive ketones (excluding diaryl/α,β-unsaturated/α-hetero) is 3. The van der Waals surface area contributed by atoms with Gasteiger partial charge >= 0.3 is 10.2 Å². The van der Waals surface area contributed by atoms with Gasteiger partial charge in [-0.3, -0.25) is 24.0 Å². The number of hydrogen-bond acceptors (Lipinski definition) is 8. The van der Waals surface area contributed by atoms with Crippen LogP contribution in [0.15, 0.2) is 91.0 Å². The fourth-order valence-corrected chi connectivity index (χ4v) is 5.09. The number of hydrogen-bond donors (Lipinski definition) is 4. The summed E-state index contributed by atoms with van der Waals surface area (Å²) in [6.45, 7) is 7.54. The monoisotopic (exact) mass is 569 g/mol. The van der Waals surface area contributed by atoms with E-state index in [2.05, 4.69) is 4.85 Å². The van der Waals surface area contributed by atoms with Crippen molar-refractivity contribution in [2.45, 2.75) is 33.7 Å². The molecule has 4 rings (SSSR count). The molecule has 200 valence electrons. The predicted octanol–water partition coefficient (Wildman–Crippen LogP) is 2.60. The van der Waals surface area contributed by atoms with Crippen LogP contribution in [0.2, 0.25) is 0 Å². The summed E-state index contributed by atoms with van der Waals surface area (Å²) in [5, 5.41) is 39.9. The number of carbonyl (C=O) groups is 3. The van der Waals surface area contributed by atoms with Gasteiger partial charge in [0.15, 0.2) is 11.4 Å². The van der Waals surface area contributed by atoms with Crippen molar-refractivity contribution in [3.63, 3.8) is 0 Å². The normalized spacial score (nSPS) is 31.1. The van der Waals surface area contributed by atoms with Gasteiger partial charge in [-0.25, -0.2) is 6.57 Å². The third-order valence-corrected chi connectivity index (χ3v) is 7.71. The molecule has 0 saturated carbocycles. The lowest BCUT2D eigenvalue weighted by Gasteiger charge is -2.55. The second kappa shape index (κ2) is 10.3. The number of ketones is 3.